The normalized spacial score (nSPS) is 7.50. The van der Waals surface area contributed by atoms with Crippen molar-refractivity contribution in [2.45, 2.75) is 39.0 Å². The third-order valence-electron chi connectivity index (χ3n) is 1.16. The fraction of sp³-hybridized carbons (Fsp3) is 0.750. The average molecular weight is 210 g/mol. The van der Waals surface area contributed by atoms with Crippen molar-refractivity contribution in [1.82, 2.24) is 0 Å². The topological polar surface area (TPSA) is 0 Å². The van der Waals surface area contributed by atoms with Crippen LogP contribution in [0.1, 0.15) is 39.0 Å². The van der Waals surface area contributed by atoms with Crippen LogP contribution in [0.3, 0.4) is 0 Å². The fourth-order valence-electron chi connectivity index (χ4n) is 0.640. The van der Waals surface area contributed by atoms with Gasteiger partial charge in [0.1, 0.15) is 0 Å². The summed E-state index contributed by atoms with van der Waals surface area (Å²) >= 11 is 0.847. The Hall–Kier alpha value is 0.473. The monoisotopic (exact) mass is 208 g/mol. The molecule has 0 saturated carbocycles. The van der Waals surface area contributed by atoms with Gasteiger partial charge in [0, 0.05) is 0 Å². The first-order valence-corrected chi connectivity index (χ1v) is 7.48. The van der Waals surface area contributed by atoms with Crippen LogP contribution in [0, 0.1) is 12.3 Å². The molecule has 0 heterocycles. The van der Waals surface area contributed by atoms with Gasteiger partial charge in [-0.25, -0.2) is 0 Å². The minimum atomic E-state index is 0.847. The van der Waals surface area contributed by atoms with Gasteiger partial charge >= 0.3 is 27.0 Å². The van der Waals surface area contributed by atoms with E-state index in [-0.39, 0.29) is 0 Å². The average Bonchev–Trinajstić information content (AvgIpc) is 2.02. The molecule has 0 bridgehead atoms. The quantitative estimate of drug-likeness (QED) is 0.289. The van der Waals surface area contributed by atoms with Gasteiger partial charge in [-0.2, -0.15) is 0 Å². The molecular formula is C8H13ClZn. The van der Waals surface area contributed by atoms with Crippen LogP contribution in [0.5, 0.6) is 0 Å². The van der Waals surface area contributed by atoms with Gasteiger partial charge in [0.2, 0.25) is 0 Å². The summed E-state index contributed by atoms with van der Waals surface area (Å²) in [6.07, 6.45) is 12.4. The van der Waals surface area contributed by atoms with E-state index in [1.165, 1.54) is 19.3 Å². The Bertz CT molecular complexity index is 75.8. The number of rotatable bonds is 4. The minimum absolute atomic E-state index is 0.847. The van der Waals surface area contributed by atoms with Crippen LogP contribution >= 0.6 is 9.69 Å². The summed E-state index contributed by atoms with van der Waals surface area (Å²) in [6, 6.07) is 0. The summed E-state index contributed by atoms with van der Waals surface area (Å²) in [7, 11) is 4.76. The predicted molar refractivity (Wildman–Crippen MR) is 41.7 cm³/mol. The van der Waals surface area contributed by atoms with Crippen molar-refractivity contribution in [2.75, 3.05) is 0 Å². The van der Waals surface area contributed by atoms with Crippen LogP contribution < -0.4 is 0 Å². The Balaban J connectivity index is 0. The van der Waals surface area contributed by atoms with E-state index >= 15 is 0 Å². The van der Waals surface area contributed by atoms with Gasteiger partial charge in [-0.05, 0) is 12.8 Å². The number of hydrogen-bond donors (Lipinski definition) is 0. The van der Waals surface area contributed by atoms with E-state index < -0.39 is 0 Å². The first kappa shape index (κ1) is 13.1. The van der Waals surface area contributed by atoms with Gasteiger partial charge in [-0.1, -0.05) is 26.2 Å². The van der Waals surface area contributed by atoms with E-state index in [4.69, 9.17) is 16.1 Å². The van der Waals surface area contributed by atoms with Crippen molar-refractivity contribution in [3.63, 3.8) is 0 Å². The molecule has 0 saturated heterocycles. The predicted octanol–water partition coefficient (Wildman–Crippen LogP) is 3.23. The summed E-state index contributed by atoms with van der Waals surface area (Å²) in [5, 5.41) is 0. The van der Waals surface area contributed by atoms with E-state index in [2.05, 4.69) is 12.8 Å². The van der Waals surface area contributed by atoms with Crippen molar-refractivity contribution in [2.24, 2.45) is 0 Å². The number of hydrogen-bond acceptors (Lipinski definition) is 0. The van der Waals surface area contributed by atoms with Crippen LogP contribution in [0.25, 0.3) is 0 Å². The third-order valence-corrected chi connectivity index (χ3v) is 1.16. The first-order valence-electron chi connectivity index (χ1n) is 3.58. The standard InChI is InChI=1S/C8H13.ClH.Zn/c1-3-5-7-8-6-4-2;;/h3,5-8H2,1H3;1H;/q-1;;+2/p-1. The first-order chi connectivity index (χ1) is 4.91. The van der Waals surface area contributed by atoms with Crippen LogP contribution in [0.4, 0.5) is 0 Å². The van der Waals surface area contributed by atoms with E-state index in [1.54, 1.807) is 0 Å². The Morgan fingerprint density at radius 2 is 1.90 bits per heavy atom. The second kappa shape index (κ2) is 16.2. The van der Waals surface area contributed by atoms with Crippen LogP contribution in [0.15, 0.2) is 0 Å². The van der Waals surface area contributed by atoms with Gasteiger partial charge in [-0.3, -0.25) is 0 Å². The zero-order chi connectivity index (χ0) is 8.24. The zero-order valence-electron chi connectivity index (χ0n) is 6.62. The molecular weight excluding hydrogens is 197 g/mol. The Kier molecular flexibility index (Phi) is 21.2. The zero-order valence-corrected chi connectivity index (χ0v) is 10.3. The molecule has 0 aromatic rings. The maximum atomic E-state index is 6.59. The molecule has 0 unspecified atom stereocenters. The molecule has 0 atom stereocenters. The van der Waals surface area contributed by atoms with E-state index in [0.29, 0.717) is 0 Å². The molecule has 0 rings (SSSR count). The molecule has 0 spiro atoms. The van der Waals surface area contributed by atoms with E-state index in [0.717, 1.165) is 30.2 Å². The Morgan fingerprint density at radius 3 is 2.30 bits per heavy atom. The molecule has 0 aliphatic heterocycles. The van der Waals surface area contributed by atoms with E-state index in [9.17, 15) is 0 Å². The van der Waals surface area contributed by atoms with Crippen molar-refractivity contribution in [1.29, 1.82) is 0 Å². The molecule has 2 heteroatoms. The summed E-state index contributed by atoms with van der Waals surface area (Å²) in [6.45, 7) is 2.19. The fourth-order valence-corrected chi connectivity index (χ4v) is 0.640. The van der Waals surface area contributed by atoms with Crippen molar-refractivity contribution in [3.05, 3.63) is 6.42 Å². The van der Waals surface area contributed by atoms with E-state index in [1.807, 2.05) is 0 Å². The molecule has 0 aliphatic rings. The molecule has 10 heavy (non-hydrogen) atoms. The van der Waals surface area contributed by atoms with Crippen molar-refractivity contribution >= 4 is 9.69 Å². The molecule has 0 aromatic heterocycles. The molecule has 54 valence electrons. The second-order valence-electron chi connectivity index (χ2n) is 1.99. The molecule has 0 nitrogen and oxygen atoms in total. The molecule has 0 aliphatic carbocycles. The van der Waals surface area contributed by atoms with Gasteiger partial charge in [0.25, 0.3) is 0 Å². The van der Waals surface area contributed by atoms with Crippen molar-refractivity contribution < 1.29 is 17.3 Å². The third kappa shape index (κ3) is 15.8. The number of halogens is 1. The Labute approximate surface area is 78.4 Å². The van der Waals surface area contributed by atoms with Crippen LogP contribution in [-0.4, -0.2) is 0 Å². The Morgan fingerprint density at radius 1 is 1.30 bits per heavy atom. The van der Waals surface area contributed by atoms with Crippen molar-refractivity contribution in [3.8, 4) is 5.92 Å². The SMILES string of the molecule is [C-]#CCCCCCC.[Cl][Zn+]. The molecule has 0 fully saturated rings. The molecule has 0 aromatic carbocycles. The molecule has 0 N–H and O–H groups in total. The summed E-state index contributed by atoms with van der Waals surface area (Å²) < 4.78 is 0. The van der Waals surface area contributed by atoms with Gasteiger partial charge in [-0.15, -0.1) is 0 Å². The van der Waals surface area contributed by atoms with Gasteiger partial charge in [0.05, 0.1) is 0 Å². The second-order valence-corrected chi connectivity index (χ2v) is 1.99. The molecule has 0 amide bonds. The maximum absolute atomic E-state index is 6.59. The van der Waals surface area contributed by atoms with Crippen LogP contribution in [0.2, 0.25) is 0 Å². The van der Waals surface area contributed by atoms with Crippen LogP contribution in [-0.2, 0) is 17.3 Å². The summed E-state index contributed by atoms with van der Waals surface area (Å²) in [5.74, 6) is 2.38. The molecule has 0 radical (unpaired) electrons. The number of unbranched alkanes of at least 4 members (excludes halogenated alkanes) is 4. The summed E-state index contributed by atoms with van der Waals surface area (Å²) in [5.41, 5.74) is 0. The summed E-state index contributed by atoms with van der Waals surface area (Å²) in [4.78, 5) is 0. The van der Waals surface area contributed by atoms with Gasteiger partial charge < -0.3 is 12.3 Å². The van der Waals surface area contributed by atoms with Gasteiger partial charge in [0.15, 0.2) is 0 Å².